The summed E-state index contributed by atoms with van der Waals surface area (Å²) in [7, 11) is 0. The van der Waals surface area contributed by atoms with E-state index in [-0.39, 0.29) is 5.91 Å². The maximum Gasteiger partial charge on any atom is 0.416 e. The molecule has 0 aliphatic heterocycles. The van der Waals surface area contributed by atoms with E-state index in [1.165, 1.54) is 29.2 Å². The quantitative estimate of drug-likeness (QED) is 0.611. The van der Waals surface area contributed by atoms with Crippen molar-refractivity contribution in [1.82, 2.24) is 10.2 Å². The average Bonchev–Trinajstić information content (AvgIpc) is 3.15. The van der Waals surface area contributed by atoms with E-state index < -0.39 is 11.7 Å². The first-order valence-electron chi connectivity index (χ1n) is 7.39. The fourth-order valence-corrected chi connectivity index (χ4v) is 3.42. The highest BCUT2D eigenvalue weighted by atomic mass is 32.2. The largest absolute Gasteiger partial charge is 0.416 e. The Bertz CT molecular complexity index is 881. The van der Waals surface area contributed by atoms with Gasteiger partial charge in [-0.1, -0.05) is 36.0 Å². The van der Waals surface area contributed by atoms with E-state index in [0.29, 0.717) is 27.0 Å². The number of hydrogen-bond acceptors (Lipinski definition) is 5. The van der Waals surface area contributed by atoms with E-state index >= 15 is 0 Å². The number of carbonyl (C=O) groups excluding carboxylic acids is 1. The predicted molar refractivity (Wildman–Crippen MR) is 95.3 cm³/mol. The van der Waals surface area contributed by atoms with Crippen LogP contribution in [0.3, 0.4) is 0 Å². The summed E-state index contributed by atoms with van der Waals surface area (Å²) in [6.07, 6.45) is -4.36. The molecular weight excluding hydrogens is 383 g/mol. The molecule has 0 atom stereocenters. The van der Waals surface area contributed by atoms with Gasteiger partial charge in [0.05, 0.1) is 10.4 Å². The summed E-state index contributed by atoms with van der Waals surface area (Å²) in [4.78, 5) is 12.5. The summed E-state index contributed by atoms with van der Waals surface area (Å²) in [6, 6.07) is 11.9. The molecule has 26 heavy (non-hydrogen) atoms. The number of nitrogens with zero attached hydrogens (tertiary/aromatic N) is 2. The normalized spacial score (nSPS) is 11.3. The molecule has 9 heteroatoms. The molecule has 1 aromatic carbocycles. The summed E-state index contributed by atoms with van der Waals surface area (Å²) in [5.41, 5.74) is -0.130. The number of hydrogen-bond donors (Lipinski definition) is 1. The van der Waals surface area contributed by atoms with Gasteiger partial charge in [-0.05, 0) is 35.2 Å². The molecule has 2 heterocycles. The standard InChI is InChI=1S/C17H12F3N3OS2/c18-17(19,20)12-4-1-3-11(9-12)10-26-15-7-6-14(22-23-15)21-16(24)13-5-2-8-25-13/h1-9H,10H2,(H,21,22,24). The van der Waals surface area contributed by atoms with Crippen LogP contribution in [0.4, 0.5) is 19.0 Å². The number of rotatable bonds is 5. The van der Waals surface area contributed by atoms with Crippen LogP contribution in [0.15, 0.2) is 58.9 Å². The van der Waals surface area contributed by atoms with Crippen LogP contribution in [0.1, 0.15) is 20.8 Å². The Hall–Kier alpha value is -2.39. The smallest absolute Gasteiger partial charge is 0.304 e. The van der Waals surface area contributed by atoms with Crippen molar-refractivity contribution in [2.24, 2.45) is 0 Å². The van der Waals surface area contributed by atoms with Crippen LogP contribution < -0.4 is 5.32 Å². The molecule has 0 saturated carbocycles. The van der Waals surface area contributed by atoms with Crippen molar-refractivity contribution in [2.45, 2.75) is 17.0 Å². The Morgan fingerprint density at radius 3 is 2.62 bits per heavy atom. The van der Waals surface area contributed by atoms with E-state index in [1.54, 1.807) is 35.7 Å². The molecule has 0 unspecified atom stereocenters. The van der Waals surface area contributed by atoms with Gasteiger partial charge in [-0.15, -0.1) is 21.5 Å². The fraction of sp³-hybridized carbons (Fsp3) is 0.118. The van der Waals surface area contributed by atoms with Crippen molar-refractivity contribution in [2.75, 3.05) is 5.32 Å². The highest BCUT2D eigenvalue weighted by Crippen LogP contribution is 2.31. The summed E-state index contributed by atoms with van der Waals surface area (Å²) in [6.45, 7) is 0. The SMILES string of the molecule is O=C(Nc1ccc(SCc2cccc(C(F)(F)F)c2)nn1)c1cccs1. The highest BCUT2D eigenvalue weighted by Gasteiger charge is 2.30. The molecule has 3 rings (SSSR count). The van der Waals surface area contributed by atoms with Gasteiger partial charge >= 0.3 is 6.18 Å². The van der Waals surface area contributed by atoms with Crippen LogP contribution in [0.2, 0.25) is 0 Å². The fourth-order valence-electron chi connectivity index (χ4n) is 2.04. The zero-order chi connectivity index (χ0) is 18.6. The second kappa shape index (κ2) is 7.88. The Balaban J connectivity index is 1.59. The number of benzene rings is 1. The van der Waals surface area contributed by atoms with Crippen molar-refractivity contribution < 1.29 is 18.0 Å². The van der Waals surface area contributed by atoms with Crippen LogP contribution >= 0.6 is 23.1 Å². The molecule has 0 aliphatic rings. The van der Waals surface area contributed by atoms with Crippen LogP contribution in [0.25, 0.3) is 0 Å². The molecule has 0 fully saturated rings. The van der Waals surface area contributed by atoms with Crippen molar-refractivity contribution in [1.29, 1.82) is 0 Å². The zero-order valence-electron chi connectivity index (χ0n) is 13.2. The number of thioether (sulfide) groups is 1. The third-order valence-corrected chi connectivity index (χ3v) is 5.13. The summed E-state index contributed by atoms with van der Waals surface area (Å²) in [5, 5.41) is 12.9. The number of aromatic nitrogens is 2. The first kappa shape index (κ1) is 18.4. The van der Waals surface area contributed by atoms with Gasteiger partial charge in [-0.2, -0.15) is 13.2 Å². The molecule has 2 aromatic heterocycles. The molecular formula is C17H12F3N3OS2. The van der Waals surface area contributed by atoms with Crippen molar-refractivity contribution in [3.8, 4) is 0 Å². The Morgan fingerprint density at radius 1 is 1.12 bits per heavy atom. The molecule has 0 bridgehead atoms. The van der Waals surface area contributed by atoms with Crippen LogP contribution in [0, 0.1) is 0 Å². The molecule has 1 N–H and O–H groups in total. The lowest BCUT2D eigenvalue weighted by Gasteiger charge is -2.08. The molecule has 134 valence electrons. The second-order valence-corrected chi connectivity index (χ2v) is 7.12. The molecule has 0 saturated heterocycles. The lowest BCUT2D eigenvalue weighted by Crippen LogP contribution is -2.11. The topological polar surface area (TPSA) is 54.9 Å². The van der Waals surface area contributed by atoms with E-state index in [9.17, 15) is 18.0 Å². The highest BCUT2D eigenvalue weighted by molar-refractivity contribution is 7.98. The van der Waals surface area contributed by atoms with Crippen molar-refractivity contribution >= 4 is 34.8 Å². The van der Waals surface area contributed by atoms with E-state index in [4.69, 9.17) is 0 Å². The van der Waals surface area contributed by atoms with E-state index in [2.05, 4.69) is 15.5 Å². The van der Waals surface area contributed by atoms with Gasteiger partial charge in [0.15, 0.2) is 5.82 Å². The monoisotopic (exact) mass is 395 g/mol. The maximum atomic E-state index is 12.7. The van der Waals surface area contributed by atoms with Gasteiger partial charge in [-0.25, -0.2) is 0 Å². The van der Waals surface area contributed by atoms with Gasteiger partial charge < -0.3 is 5.32 Å². The minimum atomic E-state index is -4.36. The van der Waals surface area contributed by atoms with Gasteiger partial charge in [0, 0.05) is 5.75 Å². The van der Waals surface area contributed by atoms with Crippen LogP contribution in [-0.4, -0.2) is 16.1 Å². The number of halogens is 3. The minimum absolute atomic E-state index is 0.265. The predicted octanol–water partition coefficient (Wildman–Crippen LogP) is 5.10. The third kappa shape index (κ3) is 4.83. The number of alkyl halides is 3. The minimum Gasteiger partial charge on any atom is -0.304 e. The second-order valence-electron chi connectivity index (χ2n) is 5.18. The summed E-state index contributed by atoms with van der Waals surface area (Å²) < 4.78 is 38.2. The summed E-state index contributed by atoms with van der Waals surface area (Å²) >= 11 is 2.58. The Labute approximate surface area is 155 Å². The van der Waals surface area contributed by atoms with Gasteiger partial charge in [0.2, 0.25) is 0 Å². The lowest BCUT2D eigenvalue weighted by atomic mass is 10.1. The van der Waals surface area contributed by atoms with Gasteiger partial charge in [-0.3, -0.25) is 4.79 Å². The number of amides is 1. The Kier molecular flexibility index (Phi) is 5.58. The summed E-state index contributed by atoms with van der Waals surface area (Å²) in [5.74, 6) is 0.380. The molecule has 3 aromatic rings. The van der Waals surface area contributed by atoms with Crippen molar-refractivity contribution in [3.05, 3.63) is 69.9 Å². The van der Waals surface area contributed by atoms with E-state index in [1.807, 2.05) is 0 Å². The van der Waals surface area contributed by atoms with E-state index in [0.717, 1.165) is 12.1 Å². The first-order chi connectivity index (χ1) is 12.4. The molecule has 0 spiro atoms. The Morgan fingerprint density at radius 2 is 1.96 bits per heavy atom. The lowest BCUT2D eigenvalue weighted by molar-refractivity contribution is -0.137. The third-order valence-electron chi connectivity index (χ3n) is 3.27. The zero-order valence-corrected chi connectivity index (χ0v) is 14.8. The van der Waals surface area contributed by atoms with Crippen molar-refractivity contribution in [3.63, 3.8) is 0 Å². The number of thiophene rings is 1. The van der Waals surface area contributed by atoms with Crippen LogP contribution in [-0.2, 0) is 11.9 Å². The number of carbonyl (C=O) groups is 1. The number of anilines is 1. The van der Waals surface area contributed by atoms with Crippen LogP contribution in [0.5, 0.6) is 0 Å². The molecule has 4 nitrogen and oxygen atoms in total. The average molecular weight is 395 g/mol. The molecule has 0 aliphatic carbocycles. The number of nitrogens with one attached hydrogen (secondary N) is 1. The van der Waals surface area contributed by atoms with Gasteiger partial charge in [0.25, 0.3) is 5.91 Å². The van der Waals surface area contributed by atoms with Gasteiger partial charge in [0.1, 0.15) is 5.03 Å². The molecule has 0 radical (unpaired) electrons. The molecule has 1 amide bonds. The first-order valence-corrected chi connectivity index (χ1v) is 9.26. The maximum absolute atomic E-state index is 12.7.